The highest BCUT2D eigenvalue weighted by molar-refractivity contribution is 5.80. The molecular formula is C16H22N2O. The lowest BCUT2D eigenvalue weighted by Gasteiger charge is -2.40. The molecule has 0 spiro atoms. The summed E-state index contributed by atoms with van der Waals surface area (Å²) in [7, 11) is 0. The number of nitrogens with zero attached hydrogens (tertiary/aromatic N) is 1. The molecule has 1 amide bonds. The van der Waals surface area contributed by atoms with E-state index in [0.29, 0.717) is 11.8 Å². The molecular weight excluding hydrogens is 236 g/mol. The van der Waals surface area contributed by atoms with Crippen LogP contribution >= 0.6 is 0 Å². The maximum absolute atomic E-state index is 12.7. The summed E-state index contributed by atoms with van der Waals surface area (Å²) < 4.78 is 0. The normalized spacial score (nSPS) is 24.5. The third kappa shape index (κ3) is 2.16. The number of fused-ring (bicyclic) bond motifs is 1. The molecule has 1 aromatic rings. The average Bonchev–Trinajstić information content (AvgIpc) is 2.37. The Balaban J connectivity index is 1.77. The zero-order chi connectivity index (χ0) is 13.4. The third-order valence-electron chi connectivity index (χ3n) is 4.79. The Hall–Kier alpha value is -1.35. The Morgan fingerprint density at radius 2 is 2.11 bits per heavy atom. The number of amides is 1. The molecule has 3 nitrogen and oxygen atoms in total. The van der Waals surface area contributed by atoms with Crippen LogP contribution in [-0.2, 0) is 11.2 Å². The molecule has 1 saturated heterocycles. The lowest BCUT2D eigenvalue weighted by atomic mass is 9.86. The molecule has 0 saturated carbocycles. The number of hydrogen-bond donors (Lipinski definition) is 1. The Bertz CT molecular complexity index is 481. The SMILES string of the molecule is CC(C(=O)N1CCc2ccccc2C1C)C1CNC1. The fourth-order valence-corrected chi connectivity index (χ4v) is 3.20. The van der Waals surface area contributed by atoms with Crippen molar-refractivity contribution < 1.29 is 4.79 Å². The Morgan fingerprint density at radius 3 is 2.79 bits per heavy atom. The van der Waals surface area contributed by atoms with Gasteiger partial charge in [-0.05, 0) is 43.5 Å². The highest BCUT2D eigenvalue weighted by atomic mass is 16.2. The van der Waals surface area contributed by atoms with E-state index >= 15 is 0 Å². The molecule has 2 unspecified atom stereocenters. The summed E-state index contributed by atoms with van der Waals surface area (Å²) in [5.74, 6) is 0.999. The Kier molecular flexibility index (Phi) is 3.31. The van der Waals surface area contributed by atoms with E-state index in [1.165, 1.54) is 11.1 Å². The number of carbonyl (C=O) groups excluding carboxylic acids is 1. The molecule has 3 rings (SSSR count). The van der Waals surface area contributed by atoms with E-state index < -0.39 is 0 Å². The third-order valence-corrected chi connectivity index (χ3v) is 4.79. The van der Waals surface area contributed by atoms with Crippen molar-refractivity contribution in [2.75, 3.05) is 19.6 Å². The van der Waals surface area contributed by atoms with E-state index in [0.717, 1.165) is 26.1 Å². The molecule has 102 valence electrons. The summed E-state index contributed by atoms with van der Waals surface area (Å²) in [4.78, 5) is 14.7. The van der Waals surface area contributed by atoms with Crippen LogP contribution in [0, 0.1) is 11.8 Å². The smallest absolute Gasteiger partial charge is 0.226 e. The molecule has 2 aliphatic heterocycles. The van der Waals surface area contributed by atoms with Crippen molar-refractivity contribution in [2.24, 2.45) is 11.8 Å². The summed E-state index contributed by atoms with van der Waals surface area (Å²) >= 11 is 0. The van der Waals surface area contributed by atoms with Crippen LogP contribution in [0.25, 0.3) is 0 Å². The second kappa shape index (κ2) is 4.97. The van der Waals surface area contributed by atoms with Gasteiger partial charge in [-0.25, -0.2) is 0 Å². The molecule has 3 heteroatoms. The van der Waals surface area contributed by atoms with E-state index in [9.17, 15) is 4.79 Å². The summed E-state index contributed by atoms with van der Waals surface area (Å²) in [5.41, 5.74) is 2.72. The highest BCUT2D eigenvalue weighted by Crippen LogP contribution is 2.31. The van der Waals surface area contributed by atoms with Crippen LogP contribution in [0.5, 0.6) is 0 Å². The van der Waals surface area contributed by atoms with Gasteiger partial charge in [0.1, 0.15) is 0 Å². The van der Waals surface area contributed by atoms with Gasteiger partial charge in [-0.2, -0.15) is 0 Å². The van der Waals surface area contributed by atoms with Crippen LogP contribution in [0.1, 0.15) is 31.0 Å². The molecule has 2 aliphatic rings. The van der Waals surface area contributed by atoms with Gasteiger partial charge < -0.3 is 10.2 Å². The van der Waals surface area contributed by atoms with Crippen molar-refractivity contribution in [1.29, 1.82) is 0 Å². The van der Waals surface area contributed by atoms with Crippen molar-refractivity contribution >= 4 is 5.91 Å². The van der Waals surface area contributed by atoms with Crippen molar-refractivity contribution in [3.8, 4) is 0 Å². The topological polar surface area (TPSA) is 32.3 Å². The second-order valence-electron chi connectivity index (χ2n) is 5.86. The van der Waals surface area contributed by atoms with Crippen LogP contribution in [0.15, 0.2) is 24.3 Å². The number of hydrogen-bond acceptors (Lipinski definition) is 2. The van der Waals surface area contributed by atoms with Gasteiger partial charge in [-0.15, -0.1) is 0 Å². The number of benzene rings is 1. The maximum Gasteiger partial charge on any atom is 0.226 e. The van der Waals surface area contributed by atoms with E-state index in [2.05, 4.69) is 48.3 Å². The summed E-state index contributed by atoms with van der Waals surface area (Å²) in [6, 6.07) is 8.73. The first-order chi connectivity index (χ1) is 9.18. The molecule has 19 heavy (non-hydrogen) atoms. The van der Waals surface area contributed by atoms with E-state index in [1.807, 2.05) is 0 Å². The first-order valence-electron chi connectivity index (χ1n) is 7.27. The van der Waals surface area contributed by atoms with Crippen LogP contribution in [0.4, 0.5) is 0 Å². The molecule has 1 N–H and O–H groups in total. The fourth-order valence-electron chi connectivity index (χ4n) is 3.20. The Morgan fingerprint density at radius 1 is 1.37 bits per heavy atom. The van der Waals surface area contributed by atoms with E-state index in [4.69, 9.17) is 0 Å². The fraction of sp³-hybridized carbons (Fsp3) is 0.562. The predicted octanol–water partition coefficient (Wildman–Crippen LogP) is 1.99. The standard InChI is InChI=1S/C16H22N2O/c1-11(14-9-17-10-14)16(19)18-8-7-13-5-3-4-6-15(13)12(18)2/h3-6,11-12,14,17H,7-10H2,1-2H3. The van der Waals surface area contributed by atoms with E-state index in [1.54, 1.807) is 0 Å². The van der Waals surface area contributed by atoms with Crippen LogP contribution in [-0.4, -0.2) is 30.4 Å². The first kappa shape index (κ1) is 12.7. The summed E-state index contributed by atoms with van der Waals surface area (Å²) in [5, 5.41) is 3.26. The van der Waals surface area contributed by atoms with Gasteiger partial charge in [0.15, 0.2) is 0 Å². The van der Waals surface area contributed by atoms with Crippen molar-refractivity contribution in [3.05, 3.63) is 35.4 Å². The van der Waals surface area contributed by atoms with E-state index in [-0.39, 0.29) is 12.0 Å². The van der Waals surface area contributed by atoms with Gasteiger partial charge in [0.05, 0.1) is 6.04 Å². The lowest BCUT2D eigenvalue weighted by molar-refractivity contribution is -0.140. The second-order valence-corrected chi connectivity index (χ2v) is 5.86. The molecule has 2 heterocycles. The molecule has 2 atom stereocenters. The van der Waals surface area contributed by atoms with Gasteiger partial charge in [-0.1, -0.05) is 31.2 Å². The largest absolute Gasteiger partial charge is 0.335 e. The zero-order valence-electron chi connectivity index (χ0n) is 11.7. The minimum atomic E-state index is 0.147. The summed E-state index contributed by atoms with van der Waals surface area (Å²) in [6.45, 7) is 7.08. The molecule has 0 bridgehead atoms. The van der Waals surface area contributed by atoms with Crippen molar-refractivity contribution in [2.45, 2.75) is 26.3 Å². The van der Waals surface area contributed by atoms with Crippen molar-refractivity contribution in [3.63, 3.8) is 0 Å². The first-order valence-corrected chi connectivity index (χ1v) is 7.27. The molecule has 1 fully saturated rings. The van der Waals surface area contributed by atoms with Gasteiger partial charge in [-0.3, -0.25) is 4.79 Å². The zero-order valence-corrected chi connectivity index (χ0v) is 11.7. The highest BCUT2D eigenvalue weighted by Gasteiger charge is 2.35. The quantitative estimate of drug-likeness (QED) is 0.880. The van der Waals surface area contributed by atoms with Gasteiger partial charge in [0, 0.05) is 12.5 Å². The number of rotatable bonds is 2. The van der Waals surface area contributed by atoms with Crippen LogP contribution in [0.3, 0.4) is 0 Å². The molecule has 0 aliphatic carbocycles. The number of nitrogens with one attached hydrogen (secondary N) is 1. The van der Waals surface area contributed by atoms with Crippen LogP contribution < -0.4 is 5.32 Å². The van der Waals surface area contributed by atoms with Crippen LogP contribution in [0.2, 0.25) is 0 Å². The van der Waals surface area contributed by atoms with Gasteiger partial charge >= 0.3 is 0 Å². The predicted molar refractivity (Wildman–Crippen MR) is 75.8 cm³/mol. The lowest BCUT2D eigenvalue weighted by Crippen LogP contribution is -2.51. The molecule has 1 aromatic carbocycles. The van der Waals surface area contributed by atoms with Gasteiger partial charge in [0.25, 0.3) is 0 Å². The minimum Gasteiger partial charge on any atom is -0.335 e. The average molecular weight is 258 g/mol. The molecule has 0 radical (unpaired) electrons. The minimum absolute atomic E-state index is 0.147. The number of carbonyl (C=O) groups is 1. The van der Waals surface area contributed by atoms with Crippen molar-refractivity contribution in [1.82, 2.24) is 10.2 Å². The monoisotopic (exact) mass is 258 g/mol. The van der Waals surface area contributed by atoms with Gasteiger partial charge in [0.2, 0.25) is 5.91 Å². The molecule has 0 aromatic heterocycles. The summed E-state index contributed by atoms with van der Waals surface area (Å²) in [6.07, 6.45) is 0.988. The maximum atomic E-state index is 12.7. The Labute approximate surface area is 115 Å².